The molecule has 3 N–H and O–H groups in total. The monoisotopic (exact) mass is 321 g/mol. The second kappa shape index (κ2) is 8.62. The van der Waals surface area contributed by atoms with Crippen LogP contribution in [0.5, 0.6) is 11.5 Å². The van der Waals surface area contributed by atoms with Gasteiger partial charge in [-0.25, -0.2) is 0 Å². The summed E-state index contributed by atoms with van der Waals surface area (Å²) in [6.45, 7) is 2.11. The number of hydrogen-bond donors (Lipinski definition) is 2. The predicted octanol–water partition coefficient (Wildman–Crippen LogP) is 1.93. The number of aliphatic imine (C=N–C) groups is 1. The van der Waals surface area contributed by atoms with Crippen LogP contribution >= 0.6 is 0 Å². The Morgan fingerprint density at radius 3 is 2.22 bits per heavy atom. The van der Waals surface area contributed by atoms with Crippen LogP contribution < -0.4 is 15.2 Å². The molecular weight excluding hydrogens is 294 g/mol. The highest BCUT2D eigenvalue weighted by molar-refractivity contribution is 5.78. The highest BCUT2D eigenvalue weighted by Crippen LogP contribution is 2.26. The van der Waals surface area contributed by atoms with Crippen LogP contribution in [-0.2, 0) is 0 Å². The van der Waals surface area contributed by atoms with E-state index in [9.17, 15) is 5.11 Å². The topological polar surface area (TPSA) is 80.3 Å². The molecule has 6 heteroatoms. The van der Waals surface area contributed by atoms with Crippen LogP contribution in [0.2, 0.25) is 0 Å². The van der Waals surface area contributed by atoms with Crippen molar-refractivity contribution in [3.8, 4) is 11.5 Å². The third-order valence-corrected chi connectivity index (χ3v) is 4.11. The van der Waals surface area contributed by atoms with E-state index in [1.54, 1.807) is 32.4 Å². The van der Waals surface area contributed by atoms with Gasteiger partial charge in [-0.2, -0.15) is 0 Å². The molecule has 0 saturated carbocycles. The van der Waals surface area contributed by atoms with Crippen molar-refractivity contribution >= 4 is 5.96 Å². The van der Waals surface area contributed by atoms with Crippen LogP contribution in [0.1, 0.15) is 37.4 Å². The lowest BCUT2D eigenvalue weighted by Crippen LogP contribution is -2.38. The molecule has 1 saturated heterocycles. The van der Waals surface area contributed by atoms with E-state index in [4.69, 9.17) is 15.2 Å². The number of likely N-dealkylation sites (tertiary alicyclic amines) is 1. The molecule has 0 spiro atoms. The minimum absolute atomic E-state index is 0.221. The Morgan fingerprint density at radius 1 is 1.13 bits per heavy atom. The van der Waals surface area contributed by atoms with Crippen molar-refractivity contribution in [2.45, 2.75) is 31.8 Å². The Balaban J connectivity index is 2.02. The van der Waals surface area contributed by atoms with Crippen LogP contribution in [0.4, 0.5) is 0 Å². The van der Waals surface area contributed by atoms with Crippen molar-refractivity contribution in [2.24, 2.45) is 10.7 Å². The molecular formula is C17H27N3O3. The van der Waals surface area contributed by atoms with Crippen molar-refractivity contribution in [1.29, 1.82) is 0 Å². The standard InChI is InChI=1S/C17H27N3O3/c1-22-14-9-13(10-15(11-14)23-2)16(21)12-19-17(18)20-7-5-3-4-6-8-20/h9-11,16,21H,3-8,12H2,1-2H3,(H2,18,19). The maximum absolute atomic E-state index is 10.4. The van der Waals surface area contributed by atoms with Gasteiger partial charge in [0.1, 0.15) is 11.5 Å². The van der Waals surface area contributed by atoms with E-state index < -0.39 is 6.10 Å². The molecule has 1 heterocycles. The number of rotatable bonds is 5. The van der Waals surface area contributed by atoms with Crippen LogP contribution in [0.3, 0.4) is 0 Å². The zero-order chi connectivity index (χ0) is 16.7. The Kier molecular flexibility index (Phi) is 6.52. The lowest BCUT2D eigenvalue weighted by atomic mass is 10.1. The minimum Gasteiger partial charge on any atom is -0.497 e. The SMILES string of the molecule is COc1cc(OC)cc(C(O)CN=C(N)N2CCCCCC2)c1. The molecule has 0 aliphatic carbocycles. The van der Waals surface area contributed by atoms with Crippen molar-refractivity contribution < 1.29 is 14.6 Å². The zero-order valence-corrected chi connectivity index (χ0v) is 14.0. The Hall–Kier alpha value is -1.95. The summed E-state index contributed by atoms with van der Waals surface area (Å²) in [4.78, 5) is 6.47. The number of aliphatic hydroxyl groups excluding tert-OH is 1. The van der Waals surface area contributed by atoms with Gasteiger partial charge in [-0.15, -0.1) is 0 Å². The first-order valence-electron chi connectivity index (χ1n) is 8.10. The molecule has 1 fully saturated rings. The van der Waals surface area contributed by atoms with Crippen molar-refractivity contribution in [2.75, 3.05) is 33.9 Å². The average Bonchev–Trinajstić information content (AvgIpc) is 2.88. The lowest BCUT2D eigenvalue weighted by Gasteiger charge is -2.21. The lowest BCUT2D eigenvalue weighted by molar-refractivity contribution is 0.185. The van der Waals surface area contributed by atoms with Gasteiger partial charge in [-0.3, -0.25) is 4.99 Å². The number of aliphatic hydroxyl groups is 1. The van der Waals surface area contributed by atoms with Crippen LogP contribution in [0.15, 0.2) is 23.2 Å². The molecule has 1 atom stereocenters. The van der Waals surface area contributed by atoms with E-state index in [0.717, 1.165) is 25.9 Å². The third kappa shape index (κ3) is 5.03. The number of nitrogens with zero attached hydrogens (tertiary/aromatic N) is 2. The largest absolute Gasteiger partial charge is 0.497 e. The second-order valence-corrected chi connectivity index (χ2v) is 5.76. The van der Waals surface area contributed by atoms with Gasteiger partial charge in [0.25, 0.3) is 0 Å². The zero-order valence-electron chi connectivity index (χ0n) is 14.0. The fourth-order valence-corrected chi connectivity index (χ4v) is 2.71. The Labute approximate surface area is 137 Å². The first-order valence-corrected chi connectivity index (χ1v) is 8.10. The minimum atomic E-state index is -0.746. The van der Waals surface area contributed by atoms with Crippen LogP contribution in [0.25, 0.3) is 0 Å². The molecule has 0 amide bonds. The fraction of sp³-hybridized carbons (Fsp3) is 0.588. The second-order valence-electron chi connectivity index (χ2n) is 5.76. The molecule has 0 aromatic heterocycles. The van der Waals surface area contributed by atoms with Gasteiger partial charge >= 0.3 is 0 Å². The fourth-order valence-electron chi connectivity index (χ4n) is 2.71. The number of benzene rings is 1. The van der Waals surface area contributed by atoms with Gasteiger partial charge in [-0.1, -0.05) is 12.8 Å². The Morgan fingerprint density at radius 2 is 1.70 bits per heavy atom. The summed E-state index contributed by atoms with van der Waals surface area (Å²) in [6, 6.07) is 5.33. The first kappa shape index (κ1) is 17.4. The number of ether oxygens (including phenoxy) is 2. The maximum Gasteiger partial charge on any atom is 0.191 e. The number of nitrogens with two attached hydrogens (primary N) is 1. The van der Waals surface area contributed by atoms with E-state index >= 15 is 0 Å². The average molecular weight is 321 g/mol. The van der Waals surface area contributed by atoms with Gasteiger partial charge < -0.3 is 25.2 Å². The summed E-state index contributed by atoms with van der Waals surface area (Å²) in [5.41, 5.74) is 6.77. The first-order chi connectivity index (χ1) is 11.1. The molecule has 1 aliphatic rings. The van der Waals surface area contributed by atoms with Crippen LogP contribution in [0, 0.1) is 0 Å². The van der Waals surface area contributed by atoms with E-state index in [0.29, 0.717) is 23.0 Å². The summed E-state index contributed by atoms with van der Waals surface area (Å²) in [6.07, 6.45) is 4.04. The smallest absolute Gasteiger partial charge is 0.191 e. The number of hydrogen-bond acceptors (Lipinski definition) is 4. The Bertz CT molecular complexity index is 504. The van der Waals surface area contributed by atoms with Crippen molar-refractivity contribution in [3.63, 3.8) is 0 Å². The highest BCUT2D eigenvalue weighted by atomic mass is 16.5. The molecule has 0 radical (unpaired) electrons. The van der Waals surface area contributed by atoms with Gasteiger partial charge in [0, 0.05) is 19.2 Å². The molecule has 1 aromatic rings. The number of guanidine groups is 1. The highest BCUT2D eigenvalue weighted by Gasteiger charge is 2.14. The molecule has 128 valence electrons. The molecule has 1 aromatic carbocycles. The normalized spacial score (nSPS) is 17.5. The summed E-state index contributed by atoms with van der Waals surface area (Å²) >= 11 is 0. The quantitative estimate of drug-likeness (QED) is 0.640. The molecule has 2 rings (SSSR count). The summed E-state index contributed by atoms with van der Waals surface area (Å²) in [7, 11) is 3.17. The van der Waals surface area contributed by atoms with Crippen molar-refractivity contribution in [1.82, 2.24) is 4.90 Å². The molecule has 1 unspecified atom stereocenters. The van der Waals surface area contributed by atoms with E-state index in [1.807, 2.05) is 0 Å². The molecule has 1 aliphatic heterocycles. The summed E-state index contributed by atoms with van der Waals surface area (Å²) in [5.74, 6) is 1.80. The predicted molar refractivity (Wildman–Crippen MR) is 91.0 cm³/mol. The van der Waals surface area contributed by atoms with Gasteiger partial charge in [0.2, 0.25) is 0 Å². The molecule has 6 nitrogen and oxygen atoms in total. The van der Waals surface area contributed by atoms with Crippen LogP contribution in [-0.4, -0.2) is 49.8 Å². The van der Waals surface area contributed by atoms with Gasteiger partial charge in [0.05, 0.1) is 26.9 Å². The summed E-state index contributed by atoms with van der Waals surface area (Å²) in [5, 5.41) is 10.4. The van der Waals surface area contributed by atoms with Gasteiger partial charge in [-0.05, 0) is 30.5 Å². The van der Waals surface area contributed by atoms with Gasteiger partial charge in [0.15, 0.2) is 5.96 Å². The summed E-state index contributed by atoms with van der Waals surface area (Å²) < 4.78 is 10.4. The number of methoxy groups -OCH3 is 2. The van der Waals surface area contributed by atoms with E-state index in [2.05, 4.69) is 9.89 Å². The molecule has 0 bridgehead atoms. The van der Waals surface area contributed by atoms with Crippen molar-refractivity contribution in [3.05, 3.63) is 23.8 Å². The van der Waals surface area contributed by atoms with E-state index in [1.165, 1.54) is 12.8 Å². The molecule has 23 heavy (non-hydrogen) atoms. The third-order valence-electron chi connectivity index (χ3n) is 4.11. The van der Waals surface area contributed by atoms with E-state index in [-0.39, 0.29) is 6.54 Å². The maximum atomic E-state index is 10.4.